The highest BCUT2D eigenvalue weighted by Crippen LogP contribution is 2.43. The number of sulfonamides is 1. The molecule has 1 aromatic rings. The SMILES string of the molecule is CCC(C)C(CC)C(CC)C(CC)C(CC)C(CC)CC/C=N/S(=O)(=O)c1nnc(NC(C)=O)s1. The second-order valence-corrected chi connectivity index (χ2v) is 12.5. The van der Waals surface area contributed by atoms with E-state index in [4.69, 9.17) is 0 Å². The van der Waals surface area contributed by atoms with Gasteiger partial charge in [0.1, 0.15) is 0 Å². The molecule has 0 aliphatic heterocycles. The summed E-state index contributed by atoms with van der Waals surface area (Å²) in [5.74, 6) is 3.74. The van der Waals surface area contributed by atoms with Crippen molar-refractivity contribution in [2.45, 2.75) is 111 Å². The van der Waals surface area contributed by atoms with Crippen LogP contribution >= 0.6 is 11.3 Å². The van der Waals surface area contributed by atoms with E-state index in [1.165, 1.54) is 38.8 Å². The van der Waals surface area contributed by atoms with Crippen LogP contribution in [0.2, 0.25) is 0 Å². The van der Waals surface area contributed by atoms with Gasteiger partial charge >= 0.3 is 10.0 Å². The Hall–Kier alpha value is -1.35. The molecule has 6 atom stereocenters. The van der Waals surface area contributed by atoms with Crippen LogP contribution in [0.5, 0.6) is 0 Å². The first-order chi connectivity index (χ1) is 16.6. The quantitative estimate of drug-likeness (QED) is 0.170. The molecule has 7 nitrogen and oxygen atoms in total. The largest absolute Gasteiger partial charge is 0.311 e. The highest BCUT2D eigenvalue weighted by molar-refractivity contribution is 7.92. The monoisotopic (exact) mass is 528 g/mol. The lowest BCUT2D eigenvalue weighted by Gasteiger charge is -2.42. The predicted molar refractivity (Wildman–Crippen MR) is 147 cm³/mol. The molecule has 1 amide bonds. The number of nitrogens with zero attached hydrogens (tertiary/aromatic N) is 3. The molecular weight excluding hydrogens is 480 g/mol. The number of anilines is 1. The fourth-order valence-electron chi connectivity index (χ4n) is 5.98. The Bertz CT molecular complexity index is 885. The van der Waals surface area contributed by atoms with Crippen LogP contribution < -0.4 is 5.32 Å². The van der Waals surface area contributed by atoms with E-state index < -0.39 is 10.0 Å². The average molecular weight is 529 g/mol. The van der Waals surface area contributed by atoms with Gasteiger partial charge in [0.15, 0.2) is 0 Å². The predicted octanol–water partition coefficient (Wildman–Crippen LogP) is 7.21. The minimum Gasteiger partial charge on any atom is -0.301 e. The van der Waals surface area contributed by atoms with Crippen molar-refractivity contribution in [3.63, 3.8) is 0 Å². The topological polar surface area (TPSA) is 101 Å². The molecule has 0 saturated heterocycles. The zero-order valence-corrected chi connectivity index (χ0v) is 24.7. The molecule has 1 aromatic heterocycles. The Kier molecular flexibility index (Phi) is 14.2. The molecule has 1 N–H and O–H groups in total. The van der Waals surface area contributed by atoms with E-state index in [2.05, 4.69) is 68.4 Å². The Morgan fingerprint density at radius 2 is 1.49 bits per heavy atom. The highest BCUT2D eigenvalue weighted by Gasteiger charge is 2.35. The molecule has 9 heteroatoms. The van der Waals surface area contributed by atoms with E-state index in [1.807, 2.05) is 0 Å². The molecule has 0 aliphatic rings. The third kappa shape index (κ3) is 9.23. The standard InChI is InChI=1S/C26H48N4O3S2/c1-9-18(7)21(11-3)23(13-5)24(14-6)22(12-4)20(10-2)16-15-17-27-35(32,33)26-30-29-25(34-26)28-19(8)31/h17-18,20-24H,9-16H2,1-8H3,(H,28,29,31)/b27-17+. The van der Waals surface area contributed by atoms with Gasteiger partial charge in [-0.2, -0.15) is 12.8 Å². The molecule has 0 spiro atoms. The Balaban J connectivity index is 2.93. The van der Waals surface area contributed by atoms with Gasteiger partial charge < -0.3 is 5.32 Å². The summed E-state index contributed by atoms with van der Waals surface area (Å²) in [6.45, 7) is 17.7. The first kappa shape index (κ1) is 31.7. The van der Waals surface area contributed by atoms with Crippen molar-refractivity contribution in [2.24, 2.45) is 39.9 Å². The van der Waals surface area contributed by atoms with Gasteiger partial charge in [-0.15, -0.1) is 10.2 Å². The molecule has 202 valence electrons. The molecule has 0 fully saturated rings. The van der Waals surface area contributed by atoms with Gasteiger partial charge in [0, 0.05) is 13.1 Å². The second kappa shape index (κ2) is 15.7. The van der Waals surface area contributed by atoms with Crippen LogP contribution in [0.25, 0.3) is 0 Å². The van der Waals surface area contributed by atoms with Crippen LogP contribution in [0.1, 0.15) is 107 Å². The van der Waals surface area contributed by atoms with Gasteiger partial charge in [0.2, 0.25) is 11.0 Å². The molecule has 0 aromatic carbocycles. The maximum absolute atomic E-state index is 12.5. The van der Waals surface area contributed by atoms with Gasteiger partial charge in [-0.05, 0) is 48.3 Å². The van der Waals surface area contributed by atoms with Gasteiger partial charge in [0.05, 0.1) is 0 Å². The Morgan fingerprint density at radius 3 is 1.97 bits per heavy atom. The summed E-state index contributed by atoms with van der Waals surface area (Å²) in [4.78, 5) is 11.1. The summed E-state index contributed by atoms with van der Waals surface area (Å²) in [5.41, 5.74) is 0. The first-order valence-corrected chi connectivity index (χ1v) is 15.7. The molecule has 0 aliphatic carbocycles. The Labute approximate surface area is 218 Å². The van der Waals surface area contributed by atoms with Crippen molar-refractivity contribution >= 4 is 38.6 Å². The first-order valence-electron chi connectivity index (χ1n) is 13.5. The molecule has 0 bridgehead atoms. The zero-order valence-electron chi connectivity index (χ0n) is 23.1. The summed E-state index contributed by atoms with van der Waals surface area (Å²) in [6, 6.07) is 0. The average Bonchev–Trinajstić information content (AvgIpc) is 3.30. The molecular formula is C26H48N4O3S2. The smallest absolute Gasteiger partial charge is 0.301 e. The fourth-order valence-corrected chi connectivity index (χ4v) is 7.83. The van der Waals surface area contributed by atoms with Crippen LogP contribution in [0.3, 0.4) is 0 Å². The number of nitrogens with one attached hydrogen (secondary N) is 1. The molecule has 0 radical (unpaired) electrons. The van der Waals surface area contributed by atoms with E-state index in [1.54, 1.807) is 0 Å². The minimum absolute atomic E-state index is 0.155. The van der Waals surface area contributed by atoms with Crippen molar-refractivity contribution in [1.82, 2.24) is 10.2 Å². The van der Waals surface area contributed by atoms with E-state index in [0.717, 1.165) is 48.4 Å². The van der Waals surface area contributed by atoms with Gasteiger partial charge in [-0.1, -0.05) is 98.3 Å². The van der Waals surface area contributed by atoms with Crippen LogP contribution in [0.4, 0.5) is 5.13 Å². The van der Waals surface area contributed by atoms with E-state index in [0.29, 0.717) is 24.2 Å². The minimum atomic E-state index is -3.91. The van der Waals surface area contributed by atoms with Crippen LogP contribution in [0, 0.1) is 35.5 Å². The van der Waals surface area contributed by atoms with Crippen molar-refractivity contribution in [3.05, 3.63) is 0 Å². The number of hydrogen-bond donors (Lipinski definition) is 1. The number of aromatic nitrogens is 2. The van der Waals surface area contributed by atoms with Crippen molar-refractivity contribution < 1.29 is 13.2 Å². The molecule has 0 saturated carbocycles. The maximum Gasteiger partial charge on any atom is 0.311 e. The second-order valence-electron chi connectivity index (χ2n) is 9.74. The summed E-state index contributed by atoms with van der Waals surface area (Å²) >= 11 is 0.811. The van der Waals surface area contributed by atoms with Crippen LogP contribution in [-0.2, 0) is 14.8 Å². The molecule has 35 heavy (non-hydrogen) atoms. The van der Waals surface area contributed by atoms with E-state index >= 15 is 0 Å². The van der Waals surface area contributed by atoms with Crippen LogP contribution in [0.15, 0.2) is 8.74 Å². The fraction of sp³-hybridized carbons (Fsp3) is 0.846. The summed E-state index contributed by atoms with van der Waals surface area (Å²) < 4.78 is 28.7. The zero-order chi connectivity index (χ0) is 26.6. The van der Waals surface area contributed by atoms with Crippen molar-refractivity contribution in [3.8, 4) is 0 Å². The van der Waals surface area contributed by atoms with Crippen molar-refractivity contribution in [1.29, 1.82) is 0 Å². The number of carbonyl (C=O) groups excluding carboxylic acids is 1. The summed E-state index contributed by atoms with van der Waals surface area (Å²) in [5, 5.41) is 9.98. The van der Waals surface area contributed by atoms with Crippen LogP contribution in [-0.4, -0.2) is 30.7 Å². The lowest BCUT2D eigenvalue weighted by atomic mass is 9.63. The van der Waals surface area contributed by atoms with E-state index in [9.17, 15) is 13.2 Å². The number of hydrogen-bond acceptors (Lipinski definition) is 6. The molecule has 6 unspecified atom stereocenters. The van der Waals surface area contributed by atoms with Crippen molar-refractivity contribution in [2.75, 3.05) is 5.32 Å². The summed E-state index contributed by atoms with van der Waals surface area (Å²) in [7, 11) is -3.91. The normalized spacial score (nSPS) is 17.6. The molecule has 1 rings (SSSR count). The lowest BCUT2D eigenvalue weighted by molar-refractivity contribution is -0.114. The highest BCUT2D eigenvalue weighted by atomic mass is 32.2. The molecule has 1 heterocycles. The van der Waals surface area contributed by atoms with Gasteiger partial charge in [0.25, 0.3) is 4.34 Å². The van der Waals surface area contributed by atoms with E-state index in [-0.39, 0.29) is 15.4 Å². The number of carbonyl (C=O) groups is 1. The summed E-state index contributed by atoms with van der Waals surface area (Å²) in [6.07, 6.45) is 10.2. The third-order valence-electron chi connectivity index (χ3n) is 7.83. The van der Waals surface area contributed by atoms with Gasteiger partial charge in [-0.3, -0.25) is 4.79 Å². The third-order valence-corrected chi connectivity index (χ3v) is 10.3. The lowest BCUT2D eigenvalue weighted by Crippen LogP contribution is -2.34. The maximum atomic E-state index is 12.5. The number of rotatable bonds is 17. The Morgan fingerprint density at radius 1 is 0.914 bits per heavy atom. The number of amides is 1. The van der Waals surface area contributed by atoms with Gasteiger partial charge in [-0.25, -0.2) is 0 Å².